The predicted molar refractivity (Wildman–Crippen MR) is 55.3 cm³/mol. The molecule has 0 radical (unpaired) electrons. The summed E-state index contributed by atoms with van der Waals surface area (Å²) in [5, 5.41) is 12.9. The maximum Gasteiger partial charge on any atom is 0.328 e. The van der Waals surface area contributed by atoms with Crippen LogP contribution in [-0.4, -0.2) is 29.6 Å². The van der Waals surface area contributed by atoms with E-state index in [0.29, 0.717) is 25.7 Å². The molecule has 0 bridgehead atoms. The predicted octanol–water partition coefficient (Wildman–Crippen LogP) is -0.0886. The number of hydrogen-bond donors (Lipinski definition) is 3. The summed E-state index contributed by atoms with van der Waals surface area (Å²) < 4.78 is 0. The molecule has 0 unspecified atom stereocenters. The van der Waals surface area contributed by atoms with Gasteiger partial charge in [0.05, 0.1) is 0 Å². The normalized spacial score (nSPS) is 19.2. The molecule has 0 atom stereocenters. The van der Waals surface area contributed by atoms with Crippen LogP contribution in [0.5, 0.6) is 0 Å². The van der Waals surface area contributed by atoms with Crippen molar-refractivity contribution in [3.05, 3.63) is 0 Å². The Hall–Kier alpha value is -1.43. The van der Waals surface area contributed by atoms with Crippen molar-refractivity contribution in [1.29, 1.82) is 0 Å². The number of amides is 4. The molecule has 3 N–H and O–H groups in total. The van der Waals surface area contributed by atoms with E-state index in [1.54, 1.807) is 6.92 Å². The average Bonchev–Trinajstić information content (AvgIpc) is 2.22. The lowest BCUT2D eigenvalue weighted by atomic mass is 9.77. The van der Waals surface area contributed by atoms with Gasteiger partial charge in [-0.3, -0.25) is 20.2 Å². The lowest BCUT2D eigenvalue weighted by Gasteiger charge is -2.32. The number of rotatable bonds is 5. The summed E-state index contributed by atoms with van der Waals surface area (Å²) in [5.74, 6) is -1.08. The van der Waals surface area contributed by atoms with E-state index in [1.165, 1.54) is 0 Å². The molecule has 1 aliphatic heterocycles. The molecule has 0 aromatic carbocycles. The maximum atomic E-state index is 11.7. The Bertz CT molecular complexity index is 294. The van der Waals surface area contributed by atoms with Crippen molar-refractivity contribution in [2.24, 2.45) is 5.41 Å². The van der Waals surface area contributed by atoms with E-state index in [-0.39, 0.29) is 6.61 Å². The number of hydrogen-bond acceptors (Lipinski definition) is 4. The minimum absolute atomic E-state index is 0.0297. The number of imide groups is 2. The second kappa shape index (κ2) is 5.07. The minimum atomic E-state index is -1.16. The molecule has 16 heavy (non-hydrogen) atoms. The number of unbranched alkanes of at least 4 members (excludes halogenated alkanes) is 1. The molecule has 0 aromatic rings. The first-order valence-electron chi connectivity index (χ1n) is 5.34. The Morgan fingerprint density at radius 3 is 2.12 bits per heavy atom. The van der Waals surface area contributed by atoms with E-state index in [2.05, 4.69) is 10.6 Å². The number of barbiturate groups is 1. The van der Waals surface area contributed by atoms with Crippen LogP contribution in [0.25, 0.3) is 0 Å². The molecule has 0 spiro atoms. The van der Waals surface area contributed by atoms with Crippen molar-refractivity contribution >= 4 is 17.8 Å². The third kappa shape index (κ3) is 2.21. The summed E-state index contributed by atoms with van der Waals surface area (Å²) in [4.78, 5) is 34.3. The molecule has 1 aliphatic rings. The molecule has 6 nitrogen and oxygen atoms in total. The largest absolute Gasteiger partial charge is 0.396 e. The zero-order valence-corrected chi connectivity index (χ0v) is 9.21. The first-order chi connectivity index (χ1) is 7.56. The summed E-state index contributed by atoms with van der Waals surface area (Å²) in [6.07, 6.45) is 1.79. The second-order valence-corrected chi connectivity index (χ2v) is 3.85. The molecule has 1 rings (SSSR count). The molecule has 90 valence electrons. The first-order valence-corrected chi connectivity index (χ1v) is 5.34. The van der Waals surface area contributed by atoms with Crippen molar-refractivity contribution in [1.82, 2.24) is 10.6 Å². The highest BCUT2D eigenvalue weighted by molar-refractivity contribution is 6.19. The van der Waals surface area contributed by atoms with E-state index in [0.717, 1.165) is 0 Å². The van der Waals surface area contributed by atoms with Crippen molar-refractivity contribution in [3.63, 3.8) is 0 Å². The summed E-state index contributed by atoms with van der Waals surface area (Å²) in [7, 11) is 0. The topological polar surface area (TPSA) is 95.5 Å². The molecule has 0 aromatic heterocycles. The van der Waals surface area contributed by atoms with Crippen LogP contribution in [0.1, 0.15) is 32.6 Å². The number of carbonyl (C=O) groups excluding carboxylic acids is 3. The smallest absolute Gasteiger partial charge is 0.328 e. The quantitative estimate of drug-likeness (QED) is 0.452. The number of nitrogens with one attached hydrogen (secondary N) is 2. The van der Waals surface area contributed by atoms with E-state index in [1.807, 2.05) is 0 Å². The van der Waals surface area contributed by atoms with Gasteiger partial charge in [-0.05, 0) is 25.7 Å². The monoisotopic (exact) mass is 228 g/mol. The van der Waals surface area contributed by atoms with E-state index in [9.17, 15) is 14.4 Å². The zero-order valence-electron chi connectivity index (χ0n) is 9.21. The van der Waals surface area contributed by atoms with Gasteiger partial charge >= 0.3 is 6.03 Å². The van der Waals surface area contributed by atoms with E-state index in [4.69, 9.17) is 5.11 Å². The Morgan fingerprint density at radius 2 is 1.69 bits per heavy atom. The highest BCUT2D eigenvalue weighted by atomic mass is 16.3. The standard InChI is InChI=1S/C10H16N2O4/c1-2-10(5-3-4-6-13)7(14)11-9(16)12-8(10)15/h13H,2-6H2,1H3,(H2,11,12,14,15,16). The fraction of sp³-hybridized carbons (Fsp3) is 0.700. The van der Waals surface area contributed by atoms with Gasteiger partial charge in [0, 0.05) is 6.61 Å². The van der Waals surface area contributed by atoms with Gasteiger partial charge in [0.25, 0.3) is 0 Å². The second-order valence-electron chi connectivity index (χ2n) is 3.85. The number of aliphatic hydroxyl groups excluding tert-OH is 1. The van der Waals surface area contributed by atoms with Gasteiger partial charge in [-0.25, -0.2) is 4.79 Å². The molecule has 1 fully saturated rings. The highest BCUT2D eigenvalue weighted by Crippen LogP contribution is 2.31. The van der Waals surface area contributed by atoms with Crippen LogP contribution in [-0.2, 0) is 9.59 Å². The zero-order chi connectivity index (χ0) is 12.2. The summed E-state index contributed by atoms with van der Waals surface area (Å²) in [5.41, 5.74) is -1.16. The fourth-order valence-corrected chi connectivity index (χ4v) is 1.84. The summed E-state index contributed by atoms with van der Waals surface area (Å²) in [6.45, 7) is 1.76. The Labute approximate surface area is 93.4 Å². The van der Waals surface area contributed by atoms with Crippen LogP contribution in [0, 0.1) is 5.41 Å². The van der Waals surface area contributed by atoms with Gasteiger partial charge in [-0.15, -0.1) is 0 Å². The van der Waals surface area contributed by atoms with Crippen molar-refractivity contribution in [2.75, 3.05) is 6.61 Å². The highest BCUT2D eigenvalue weighted by Gasteiger charge is 2.48. The Balaban J connectivity index is 2.79. The van der Waals surface area contributed by atoms with Crippen LogP contribution in [0.2, 0.25) is 0 Å². The molecular weight excluding hydrogens is 212 g/mol. The SMILES string of the molecule is CCC1(CCCCO)C(=O)NC(=O)NC1=O. The summed E-state index contributed by atoms with van der Waals surface area (Å²) in [6, 6.07) is -0.763. The third-order valence-electron chi connectivity index (χ3n) is 2.94. The van der Waals surface area contributed by atoms with Gasteiger partial charge in [-0.2, -0.15) is 0 Å². The van der Waals surface area contributed by atoms with Gasteiger partial charge in [0.1, 0.15) is 5.41 Å². The maximum absolute atomic E-state index is 11.7. The number of carbonyl (C=O) groups is 3. The molecule has 0 aliphatic carbocycles. The van der Waals surface area contributed by atoms with Gasteiger partial charge in [-0.1, -0.05) is 6.92 Å². The third-order valence-corrected chi connectivity index (χ3v) is 2.94. The lowest BCUT2D eigenvalue weighted by molar-refractivity contribution is -0.145. The van der Waals surface area contributed by atoms with Crippen LogP contribution in [0.3, 0.4) is 0 Å². The number of aliphatic hydroxyl groups is 1. The lowest BCUT2D eigenvalue weighted by Crippen LogP contribution is -2.62. The van der Waals surface area contributed by atoms with Crippen LogP contribution >= 0.6 is 0 Å². The molecule has 1 saturated heterocycles. The van der Waals surface area contributed by atoms with Crippen LogP contribution in [0.4, 0.5) is 4.79 Å². The van der Waals surface area contributed by atoms with E-state index >= 15 is 0 Å². The van der Waals surface area contributed by atoms with Crippen LogP contribution in [0.15, 0.2) is 0 Å². The Morgan fingerprint density at radius 1 is 1.12 bits per heavy atom. The minimum Gasteiger partial charge on any atom is -0.396 e. The van der Waals surface area contributed by atoms with Crippen molar-refractivity contribution in [3.8, 4) is 0 Å². The van der Waals surface area contributed by atoms with Gasteiger partial charge in [0.2, 0.25) is 11.8 Å². The molecule has 4 amide bonds. The fourth-order valence-electron chi connectivity index (χ4n) is 1.84. The molecule has 0 saturated carbocycles. The van der Waals surface area contributed by atoms with Crippen LogP contribution < -0.4 is 10.6 Å². The van der Waals surface area contributed by atoms with Gasteiger partial charge < -0.3 is 5.11 Å². The van der Waals surface area contributed by atoms with E-state index < -0.39 is 23.3 Å². The molecule has 1 heterocycles. The van der Waals surface area contributed by atoms with Crippen molar-refractivity contribution < 1.29 is 19.5 Å². The molecule has 6 heteroatoms. The Kier molecular flexibility index (Phi) is 4.00. The van der Waals surface area contributed by atoms with Gasteiger partial charge in [0.15, 0.2) is 0 Å². The average molecular weight is 228 g/mol. The number of urea groups is 1. The van der Waals surface area contributed by atoms with Crippen molar-refractivity contribution in [2.45, 2.75) is 32.6 Å². The molecular formula is C10H16N2O4. The first kappa shape index (κ1) is 12.6. The summed E-state index contributed by atoms with van der Waals surface area (Å²) >= 11 is 0.